The minimum absolute atomic E-state index is 0.0691. The number of carboxylic acid groups (broad SMARTS) is 1. The van der Waals surface area contributed by atoms with Crippen molar-refractivity contribution in [3.63, 3.8) is 0 Å². The van der Waals surface area contributed by atoms with Gasteiger partial charge in [0.1, 0.15) is 0 Å². The molecule has 2 N–H and O–H groups in total. The number of carbonyl (C=O) groups excluding carboxylic acids is 1. The Hall–Kier alpha value is -1.49. The number of rotatable bonds is 4. The van der Waals surface area contributed by atoms with Crippen LogP contribution in [0.15, 0.2) is 16.5 Å². The van der Waals surface area contributed by atoms with Gasteiger partial charge in [-0.1, -0.05) is 20.8 Å². The number of aliphatic carboxylic acids is 1. The summed E-state index contributed by atoms with van der Waals surface area (Å²) in [5, 5.41) is 11.6. The summed E-state index contributed by atoms with van der Waals surface area (Å²) in [7, 11) is 0. The number of hydrogen-bond donors (Lipinski definition) is 2. The monoisotopic (exact) mass is 273 g/mol. The van der Waals surface area contributed by atoms with Crippen molar-refractivity contribution in [2.24, 2.45) is 5.41 Å². The molecule has 0 aromatic carbocycles. The maximum atomic E-state index is 11.8. The summed E-state index contributed by atoms with van der Waals surface area (Å²) < 4.78 is 4.97. The van der Waals surface area contributed by atoms with Gasteiger partial charge in [0.25, 0.3) is 5.91 Å². The van der Waals surface area contributed by atoms with E-state index in [1.54, 1.807) is 0 Å². The summed E-state index contributed by atoms with van der Waals surface area (Å²) in [6.45, 7) is 5.57. The molecule has 0 radical (unpaired) electrons. The maximum absolute atomic E-state index is 11.8. The van der Waals surface area contributed by atoms with E-state index >= 15 is 0 Å². The van der Waals surface area contributed by atoms with Gasteiger partial charge in [0.2, 0.25) is 0 Å². The van der Waals surface area contributed by atoms with Crippen molar-refractivity contribution < 1.29 is 19.1 Å². The quantitative estimate of drug-likeness (QED) is 0.883. The fraction of sp³-hybridized carbons (Fsp3) is 0.500. The molecule has 0 saturated carbocycles. The molecule has 1 rings (SSSR count). The van der Waals surface area contributed by atoms with Crippen LogP contribution in [0.3, 0.4) is 0 Å². The molecule has 1 atom stereocenters. The summed E-state index contributed by atoms with van der Waals surface area (Å²) in [5.41, 5.74) is -0.371. The van der Waals surface area contributed by atoms with Crippen molar-refractivity contribution in [1.82, 2.24) is 5.32 Å². The number of halogens is 1. The van der Waals surface area contributed by atoms with Crippen molar-refractivity contribution in [2.75, 3.05) is 0 Å². The van der Waals surface area contributed by atoms with Gasteiger partial charge in [-0.15, -0.1) is 0 Å². The average molecular weight is 274 g/mol. The van der Waals surface area contributed by atoms with Crippen LogP contribution < -0.4 is 5.32 Å². The molecule has 0 spiro atoms. The second-order valence-electron chi connectivity index (χ2n) is 5.09. The molecule has 0 bridgehead atoms. The fourth-order valence-corrected chi connectivity index (χ4v) is 1.56. The van der Waals surface area contributed by atoms with Gasteiger partial charge in [-0.25, -0.2) is 0 Å². The number of carbonyl (C=O) groups is 2. The Labute approximate surface area is 110 Å². The Morgan fingerprint density at radius 3 is 2.44 bits per heavy atom. The first kappa shape index (κ1) is 14.6. The first-order chi connectivity index (χ1) is 8.20. The number of amides is 1. The number of hydrogen-bond acceptors (Lipinski definition) is 3. The molecular formula is C12H16ClNO4. The zero-order valence-electron chi connectivity index (χ0n) is 10.5. The van der Waals surface area contributed by atoms with Crippen molar-refractivity contribution in [3.8, 4) is 0 Å². The minimum atomic E-state index is -0.965. The topological polar surface area (TPSA) is 79.5 Å². The molecule has 5 nitrogen and oxygen atoms in total. The third-order valence-corrected chi connectivity index (χ3v) is 2.73. The lowest BCUT2D eigenvalue weighted by Crippen LogP contribution is -2.44. The molecule has 1 amide bonds. The van der Waals surface area contributed by atoms with Gasteiger partial charge in [-0.2, -0.15) is 0 Å². The lowest BCUT2D eigenvalue weighted by Gasteiger charge is -2.29. The van der Waals surface area contributed by atoms with Crippen LogP contribution in [0.2, 0.25) is 5.22 Å². The predicted molar refractivity (Wildman–Crippen MR) is 66.7 cm³/mol. The van der Waals surface area contributed by atoms with Crippen molar-refractivity contribution >= 4 is 23.5 Å². The largest absolute Gasteiger partial charge is 0.481 e. The van der Waals surface area contributed by atoms with Gasteiger partial charge >= 0.3 is 5.97 Å². The predicted octanol–water partition coefficient (Wildman–Crippen LogP) is 2.55. The summed E-state index contributed by atoms with van der Waals surface area (Å²) in [6.07, 6.45) is -0.149. The zero-order chi connectivity index (χ0) is 13.9. The van der Waals surface area contributed by atoms with Gasteiger partial charge in [-0.3, -0.25) is 9.59 Å². The maximum Gasteiger partial charge on any atom is 0.305 e. The zero-order valence-corrected chi connectivity index (χ0v) is 11.2. The van der Waals surface area contributed by atoms with Crippen LogP contribution in [0.25, 0.3) is 0 Å². The van der Waals surface area contributed by atoms with E-state index in [4.69, 9.17) is 21.1 Å². The summed E-state index contributed by atoms with van der Waals surface area (Å²) >= 11 is 5.57. The van der Waals surface area contributed by atoms with Gasteiger partial charge in [0.15, 0.2) is 11.0 Å². The highest BCUT2D eigenvalue weighted by Crippen LogP contribution is 2.22. The Bertz CT molecular complexity index is 447. The first-order valence-corrected chi connectivity index (χ1v) is 5.86. The fourth-order valence-electron chi connectivity index (χ4n) is 1.41. The number of furan rings is 1. The Morgan fingerprint density at radius 1 is 1.44 bits per heavy atom. The highest BCUT2D eigenvalue weighted by molar-refractivity contribution is 6.29. The Morgan fingerprint density at radius 2 is 2.06 bits per heavy atom. The average Bonchev–Trinajstić information content (AvgIpc) is 2.61. The van der Waals surface area contributed by atoms with Crippen molar-refractivity contribution in [1.29, 1.82) is 0 Å². The summed E-state index contributed by atoms with van der Waals surface area (Å²) in [6, 6.07) is 2.41. The molecular weight excluding hydrogens is 258 g/mol. The smallest absolute Gasteiger partial charge is 0.305 e. The molecule has 0 saturated heterocycles. The number of carboxylic acids is 1. The molecule has 100 valence electrons. The van der Waals surface area contributed by atoms with Crippen LogP contribution in [-0.4, -0.2) is 23.0 Å². The summed E-state index contributed by atoms with van der Waals surface area (Å²) in [5.74, 6) is -1.37. The van der Waals surface area contributed by atoms with Crippen LogP contribution in [0.1, 0.15) is 37.7 Å². The molecule has 1 aromatic heterocycles. The molecule has 0 aliphatic carbocycles. The second-order valence-corrected chi connectivity index (χ2v) is 5.47. The van der Waals surface area contributed by atoms with Gasteiger partial charge in [-0.05, 0) is 29.1 Å². The molecule has 1 unspecified atom stereocenters. The van der Waals surface area contributed by atoms with Gasteiger partial charge in [0.05, 0.1) is 6.42 Å². The molecule has 0 aliphatic heterocycles. The van der Waals surface area contributed by atoms with Crippen molar-refractivity contribution in [3.05, 3.63) is 23.1 Å². The van der Waals surface area contributed by atoms with E-state index in [9.17, 15) is 9.59 Å². The Balaban J connectivity index is 2.78. The Kier molecular flexibility index (Phi) is 4.40. The molecule has 1 heterocycles. The third kappa shape index (κ3) is 4.07. The molecule has 1 aromatic rings. The standard InChI is InChI=1S/C12H16ClNO4/c1-12(2,3)8(6-10(15)16)14-11(17)7-4-5-9(13)18-7/h4-5,8H,6H2,1-3H3,(H,14,17)(H,15,16). The van der Waals surface area contributed by atoms with E-state index in [0.29, 0.717) is 0 Å². The minimum Gasteiger partial charge on any atom is -0.481 e. The van der Waals surface area contributed by atoms with E-state index in [1.165, 1.54) is 12.1 Å². The normalized spacial score (nSPS) is 13.1. The van der Waals surface area contributed by atoms with Crippen LogP contribution >= 0.6 is 11.6 Å². The van der Waals surface area contributed by atoms with Crippen LogP contribution in [0, 0.1) is 5.41 Å². The van der Waals surface area contributed by atoms with E-state index in [1.807, 2.05) is 20.8 Å². The van der Waals surface area contributed by atoms with E-state index in [0.717, 1.165) is 0 Å². The van der Waals surface area contributed by atoms with E-state index in [2.05, 4.69) is 5.32 Å². The van der Waals surface area contributed by atoms with Crippen molar-refractivity contribution in [2.45, 2.75) is 33.2 Å². The van der Waals surface area contributed by atoms with Crippen LogP contribution in [-0.2, 0) is 4.79 Å². The molecule has 18 heavy (non-hydrogen) atoms. The van der Waals surface area contributed by atoms with Gasteiger partial charge < -0.3 is 14.8 Å². The van der Waals surface area contributed by atoms with E-state index < -0.39 is 17.9 Å². The van der Waals surface area contributed by atoms with Crippen LogP contribution in [0.4, 0.5) is 0 Å². The first-order valence-electron chi connectivity index (χ1n) is 5.48. The lowest BCUT2D eigenvalue weighted by molar-refractivity contribution is -0.138. The van der Waals surface area contributed by atoms with Gasteiger partial charge in [0, 0.05) is 6.04 Å². The molecule has 6 heteroatoms. The highest BCUT2D eigenvalue weighted by atomic mass is 35.5. The molecule has 0 aliphatic rings. The number of nitrogens with one attached hydrogen (secondary N) is 1. The summed E-state index contributed by atoms with van der Waals surface area (Å²) in [4.78, 5) is 22.6. The molecule has 0 fully saturated rings. The van der Waals surface area contributed by atoms with Crippen LogP contribution in [0.5, 0.6) is 0 Å². The highest BCUT2D eigenvalue weighted by Gasteiger charge is 2.29. The van der Waals surface area contributed by atoms with E-state index in [-0.39, 0.29) is 22.8 Å². The third-order valence-electron chi connectivity index (χ3n) is 2.53. The second kappa shape index (κ2) is 5.44. The lowest BCUT2D eigenvalue weighted by atomic mass is 9.84. The SMILES string of the molecule is CC(C)(C)C(CC(=O)O)NC(=O)c1ccc(Cl)o1.